The van der Waals surface area contributed by atoms with Gasteiger partial charge in [-0.1, -0.05) is 18.2 Å². The zero-order valence-corrected chi connectivity index (χ0v) is 17.7. The quantitative estimate of drug-likeness (QED) is 0.631. The topological polar surface area (TPSA) is 55.4 Å². The van der Waals surface area contributed by atoms with Crippen LogP contribution in [0.15, 0.2) is 42.5 Å². The molecule has 0 aliphatic carbocycles. The minimum absolute atomic E-state index is 0.112. The Morgan fingerprint density at radius 2 is 1.21 bits per heavy atom. The van der Waals surface area contributed by atoms with Crippen LogP contribution in [0.3, 0.4) is 0 Å². The number of hydrogen-bond acceptors (Lipinski definition) is 6. The lowest BCUT2D eigenvalue weighted by Crippen LogP contribution is -2.25. The summed E-state index contributed by atoms with van der Waals surface area (Å²) < 4.78 is 33.9. The molecule has 6 nitrogen and oxygen atoms in total. The van der Waals surface area contributed by atoms with Crippen LogP contribution >= 0.6 is 0 Å². The van der Waals surface area contributed by atoms with Crippen LogP contribution in [0.25, 0.3) is 0 Å². The molecule has 6 heteroatoms. The van der Waals surface area contributed by atoms with Gasteiger partial charge in [0.1, 0.15) is 5.75 Å². The predicted octanol–water partition coefficient (Wildman–Crippen LogP) is 4.05. The number of ether oxygens (including phenoxy) is 6. The molecule has 1 saturated heterocycles. The van der Waals surface area contributed by atoms with Gasteiger partial charge in [0.05, 0.1) is 46.8 Å². The van der Waals surface area contributed by atoms with Crippen molar-refractivity contribution in [3.8, 4) is 17.2 Å². The van der Waals surface area contributed by atoms with Crippen LogP contribution in [-0.4, -0.2) is 48.8 Å². The standard InChI is InChI=1S/C23H30O6/c1-24-13-18-19(14-25-2)23(16-8-11-20(27-4)21(12-16)28-5)29-22(18)15-6-9-17(26-3)10-7-15/h6-12,18-19,22-23H,13-14H2,1-5H3/t18-,19-,22-,23+/m1/s1. The maximum absolute atomic E-state index is 6.61. The molecule has 0 amide bonds. The summed E-state index contributed by atoms with van der Waals surface area (Å²) in [5.41, 5.74) is 2.12. The molecule has 0 N–H and O–H groups in total. The molecule has 0 spiro atoms. The largest absolute Gasteiger partial charge is 0.497 e. The molecule has 4 atom stereocenters. The molecule has 1 aliphatic rings. The van der Waals surface area contributed by atoms with E-state index in [1.54, 1.807) is 35.5 Å². The summed E-state index contributed by atoms with van der Waals surface area (Å²) in [5.74, 6) is 2.47. The van der Waals surface area contributed by atoms with E-state index < -0.39 is 0 Å². The van der Waals surface area contributed by atoms with Crippen LogP contribution in [0.4, 0.5) is 0 Å². The summed E-state index contributed by atoms with van der Waals surface area (Å²) in [6.07, 6.45) is -0.263. The van der Waals surface area contributed by atoms with Gasteiger partial charge in [0.15, 0.2) is 11.5 Å². The third-order valence-corrected chi connectivity index (χ3v) is 5.52. The van der Waals surface area contributed by atoms with Gasteiger partial charge in [0, 0.05) is 26.1 Å². The van der Waals surface area contributed by atoms with E-state index in [4.69, 9.17) is 28.4 Å². The summed E-state index contributed by atoms with van der Waals surface area (Å²) in [5, 5.41) is 0. The molecular formula is C23H30O6. The van der Waals surface area contributed by atoms with Crippen LogP contribution in [0.2, 0.25) is 0 Å². The molecule has 1 heterocycles. The van der Waals surface area contributed by atoms with Crippen molar-refractivity contribution in [1.82, 2.24) is 0 Å². The summed E-state index contributed by atoms with van der Waals surface area (Å²) in [6, 6.07) is 13.9. The summed E-state index contributed by atoms with van der Waals surface area (Å²) in [7, 11) is 8.37. The Balaban J connectivity index is 1.97. The van der Waals surface area contributed by atoms with Gasteiger partial charge in [-0.05, 0) is 35.4 Å². The Hall–Kier alpha value is -2.28. The second-order valence-corrected chi connectivity index (χ2v) is 7.10. The Kier molecular flexibility index (Phi) is 7.36. The van der Waals surface area contributed by atoms with Crippen molar-refractivity contribution in [2.45, 2.75) is 12.2 Å². The smallest absolute Gasteiger partial charge is 0.161 e. The van der Waals surface area contributed by atoms with E-state index in [9.17, 15) is 0 Å². The molecule has 2 aromatic carbocycles. The lowest BCUT2D eigenvalue weighted by atomic mass is 9.83. The number of benzene rings is 2. The monoisotopic (exact) mass is 402 g/mol. The first-order valence-electron chi connectivity index (χ1n) is 9.66. The molecule has 0 bridgehead atoms. The first-order chi connectivity index (χ1) is 14.2. The summed E-state index contributed by atoms with van der Waals surface area (Å²) in [4.78, 5) is 0. The second kappa shape index (κ2) is 9.96. The van der Waals surface area contributed by atoms with Crippen molar-refractivity contribution in [2.75, 3.05) is 48.8 Å². The van der Waals surface area contributed by atoms with Crippen LogP contribution in [0.5, 0.6) is 17.2 Å². The molecule has 0 unspecified atom stereocenters. The lowest BCUT2D eigenvalue weighted by molar-refractivity contribution is 0.0144. The fraction of sp³-hybridized carbons (Fsp3) is 0.478. The van der Waals surface area contributed by atoms with Crippen molar-refractivity contribution in [1.29, 1.82) is 0 Å². The van der Waals surface area contributed by atoms with E-state index in [2.05, 4.69) is 0 Å². The van der Waals surface area contributed by atoms with Crippen LogP contribution < -0.4 is 14.2 Å². The van der Waals surface area contributed by atoms with Crippen molar-refractivity contribution >= 4 is 0 Å². The van der Waals surface area contributed by atoms with E-state index in [1.807, 2.05) is 42.5 Å². The lowest BCUT2D eigenvalue weighted by Gasteiger charge is -2.23. The molecular weight excluding hydrogens is 372 g/mol. The second-order valence-electron chi connectivity index (χ2n) is 7.10. The molecule has 0 aromatic heterocycles. The van der Waals surface area contributed by atoms with E-state index in [0.29, 0.717) is 24.7 Å². The van der Waals surface area contributed by atoms with Gasteiger partial charge >= 0.3 is 0 Å². The molecule has 1 aliphatic heterocycles. The number of methoxy groups -OCH3 is 5. The van der Waals surface area contributed by atoms with Gasteiger partial charge in [-0.15, -0.1) is 0 Å². The Morgan fingerprint density at radius 1 is 0.655 bits per heavy atom. The Morgan fingerprint density at radius 3 is 1.72 bits per heavy atom. The maximum Gasteiger partial charge on any atom is 0.161 e. The fourth-order valence-electron chi connectivity index (χ4n) is 4.09. The Bertz CT molecular complexity index is 775. The fourth-order valence-corrected chi connectivity index (χ4v) is 4.09. The summed E-state index contributed by atoms with van der Waals surface area (Å²) >= 11 is 0. The van der Waals surface area contributed by atoms with Gasteiger partial charge in [0.2, 0.25) is 0 Å². The molecule has 29 heavy (non-hydrogen) atoms. The summed E-state index contributed by atoms with van der Waals surface area (Å²) in [6.45, 7) is 1.15. The van der Waals surface area contributed by atoms with E-state index >= 15 is 0 Å². The number of rotatable bonds is 9. The highest BCUT2D eigenvalue weighted by Crippen LogP contribution is 2.50. The third-order valence-electron chi connectivity index (χ3n) is 5.52. The molecule has 0 saturated carbocycles. The molecule has 2 aromatic rings. The number of hydrogen-bond donors (Lipinski definition) is 0. The first kappa shape index (κ1) is 21.4. The van der Waals surface area contributed by atoms with Crippen molar-refractivity contribution in [3.05, 3.63) is 53.6 Å². The highest BCUT2D eigenvalue weighted by Gasteiger charge is 2.45. The molecule has 3 rings (SSSR count). The molecule has 0 radical (unpaired) electrons. The Labute approximate surface area is 172 Å². The highest BCUT2D eigenvalue weighted by molar-refractivity contribution is 5.44. The predicted molar refractivity (Wildman–Crippen MR) is 110 cm³/mol. The maximum atomic E-state index is 6.61. The van der Waals surface area contributed by atoms with E-state index in [-0.39, 0.29) is 24.0 Å². The average Bonchev–Trinajstić information content (AvgIpc) is 3.12. The highest BCUT2D eigenvalue weighted by atomic mass is 16.5. The van der Waals surface area contributed by atoms with Crippen LogP contribution in [-0.2, 0) is 14.2 Å². The van der Waals surface area contributed by atoms with Gasteiger partial charge in [-0.2, -0.15) is 0 Å². The van der Waals surface area contributed by atoms with Gasteiger partial charge < -0.3 is 28.4 Å². The van der Waals surface area contributed by atoms with Gasteiger partial charge in [-0.3, -0.25) is 0 Å². The normalized spacial score (nSPS) is 23.8. The van der Waals surface area contributed by atoms with E-state index in [1.165, 1.54) is 0 Å². The zero-order chi connectivity index (χ0) is 20.8. The van der Waals surface area contributed by atoms with Gasteiger partial charge in [0.25, 0.3) is 0 Å². The minimum Gasteiger partial charge on any atom is -0.497 e. The molecule has 1 fully saturated rings. The average molecular weight is 402 g/mol. The SMILES string of the molecule is COC[C@@H]1[C@@H](COC)[C@H](c2ccc(OC)c(OC)c2)O[C@@H]1c1ccc(OC)cc1. The molecule has 158 valence electrons. The zero-order valence-electron chi connectivity index (χ0n) is 17.7. The van der Waals surface area contributed by atoms with Crippen LogP contribution in [0.1, 0.15) is 23.3 Å². The van der Waals surface area contributed by atoms with Crippen LogP contribution in [0, 0.1) is 11.8 Å². The van der Waals surface area contributed by atoms with Gasteiger partial charge in [-0.25, -0.2) is 0 Å². The third kappa shape index (κ3) is 4.50. The van der Waals surface area contributed by atoms with Crippen molar-refractivity contribution < 1.29 is 28.4 Å². The minimum atomic E-state index is -0.151. The first-order valence-corrected chi connectivity index (χ1v) is 9.66. The van der Waals surface area contributed by atoms with Crippen molar-refractivity contribution in [2.24, 2.45) is 11.8 Å². The van der Waals surface area contributed by atoms with Crippen molar-refractivity contribution in [3.63, 3.8) is 0 Å². The van der Waals surface area contributed by atoms with E-state index in [0.717, 1.165) is 16.9 Å².